The van der Waals surface area contributed by atoms with Gasteiger partial charge in [-0.2, -0.15) is 0 Å². The predicted octanol–water partition coefficient (Wildman–Crippen LogP) is 3.38. The number of anilines is 1. The molecule has 0 radical (unpaired) electrons. The molecule has 0 spiro atoms. The molecule has 0 saturated carbocycles. The topological polar surface area (TPSA) is 103 Å². The smallest absolute Gasteiger partial charge is 0.262 e. The highest BCUT2D eigenvalue weighted by Gasteiger charge is 2.14. The molecule has 180 valence electrons. The molecule has 2 N–H and O–H groups in total. The van der Waals surface area contributed by atoms with Gasteiger partial charge in [0.1, 0.15) is 11.6 Å². The zero-order chi connectivity index (χ0) is 24.6. The fourth-order valence-corrected chi connectivity index (χ4v) is 4.08. The molecule has 8 nitrogen and oxygen atoms in total. The van der Waals surface area contributed by atoms with Gasteiger partial charge in [-0.3, -0.25) is 4.79 Å². The van der Waals surface area contributed by atoms with Crippen LogP contribution in [0.2, 0.25) is 0 Å². The summed E-state index contributed by atoms with van der Waals surface area (Å²) in [6.07, 6.45) is 0.462. The summed E-state index contributed by atoms with van der Waals surface area (Å²) in [4.78, 5) is 12.0. The molecule has 0 aliphatic heterocycles. The van der Waals surface area contributed by atoms with Gasteiger partial charge in [0.15, 0.2) is 18.1 Å². The van der Waals surface area contributed by atoms with Gasteiger partial charge in [-0.15, -0.1) is 0 Å². The van der Waals surface area contributed by atoms with Crippen LogP contribution in [0.5, 0.6) is 17.2 Å². The predicted molar refractivity (Wildman–Crippen MR) is 125 cm³/mol. The van der Waals surface area contributed by atoms with Crippen molar-refractivity contribution in [3.05, 3.63) is 78.1 Å². The first-order valence-electron chi connectivity index (χ1n) is 10.3. The highest BCUT2D eigenvalue weighted by atomic mass is 32.2. The number of hydrogen-bond acceptors (Lipinski definition) is 6. The van der Waals surface area contributed by atoms with Crippen molar-refractivity contribution in [2.45, 2.75) is 11.3 Å². The van der Waals surface area contributed by atoms with E-state index in [2.05, 4.69) is 10.0 Å². The van der Waals surface area contributed by atoms with Gasteiger partial charge in [-0.1, -0.05) is 6.07 Å². The number of carbonyl (C=O) groups excluding carboxylic acids is 1. The van der Waals surface area contributed by atoms with Crippen molar-refractivity contribution in [3.8, 4) is 17.2 Å². The highest BCUT2D eigenvalue weighted by molar-refractivity contribution is 7.89. The van der Waals surface area contributed by atoms with Crippen molar-refractivity contribution < 1.29 is 31.8 Å². The Kier molecular flexibility index (Phi) is 8.44. The minimum Gasteiger partial charge on any atom is -0.493 e. The molecule has 0 atom stereocenters. The van der Waals surface area contributed by atoms with Gasteiger partial charge in [0, 0.05) is 12.2 Å². The lowest BCUT2D eigenvalue weighted by Crippen LogP contribution is -2.26. The maximum atomic E-state index is 12.9. The Labute approximate surface area is 197 Å². The van der Waals surface area contributed by atoms with Gasteiger partial charge in [0.25, 0.3) is 5.91 Å². The number of carbonyl (C=O) groups is 1. The van der Waals surface area contributed by atoms with E-state index in [1.165, 1.54) is 55.6 Å². The van der Waals surface area contributed by atoms with Gasteiger partial charge >= 0.3 is 0 Å². The summed E-state index contributed by atoms with van der Waals surface area (Å²) in [6, 6.07) is 16.5. The number of nitrogens with one attached hydrogen (secondary N) is 2. The molecule has 0 heterocycles. The van der Waals surface area contributed by atoms with Crippen molar-refractivity contribution in [2.75, 3.05) is 32.7 Å². The largest absolute Gasteiger partial charge is 0.493 e. The van der Waals surface area contributed by atoms with E-state index >= 15 is 0 Å². The SMILES string of the molecule is COc1ccc(CCNS(=O)(=O)c2ccc(OCC(=O)Nc3ccc(F)cc3)cc2)cc1OC. The first kappa shape index (κ1) is 25.0. The number of hydrogen-bond donors (Lipinski definition) is 2. The molecule has 0 aliphatic carbocycles. The van der Waals surface area contributed by atoms with Crippen LogP contribution in [0.3, 0.4) is 0 Å². The van der Waals surface area contributed by atoms with Crippen molar-refractivity contribution >= 4 is 21.6 Å². The van der Waals surface area contributed by atoms with Crippen molar-refractivity contribution in [2.24, 2.45) is 0 Å². The van der Waals surface area contributed by atoms with Crippen LogP contribution in [0.1, 0.15) is 5.56 Å². The summed E-state index contributed by atoms with van der Waals surface area (Å²) in [5, 5.41) is 2.57. The van der Waals surface area contributed by atoms with Crippen LogP contribution in [-0.4, -0.2) is 41.7 Å². The number of halogens is 1. The van der Waals surface area contributed by atoms with E-state index in [-0.39, 0.29) is 18.0 Å². The Hall–Kier alpha value is -3.63. The normalized spacial score (nSPS) is 11.0. The summed E-state index contributed by atoms with van der Waals surface area (Å²) in [5.74, 6) is 0.672. The summed E-state index contributed by atoms with van der Waals surface area (Å²) >= 11 is 0. The van der Waals surface area contributed by atoms with Crippen LogP contribution >= 0.6 is 0 Å². The fraction of sp³-hybridized carbons (Fsp3) is 0.208. The van der Waals surface area contributed by atoms with Crippen LogP contribution < -0.4 is 24.2 Å². The summed E-state index contributed by atoms with van der Waals surface area (Å²) in [7, 11) is -0.639. The second-order valence-corrected chi connectivity index (χ2v) is 8.92. The third-order valence-corrected chi connectivity index (χ3v) is 6.26. The molecular weight excluding hydrogens is 463 g/mol. The maximum Gasteiger partial charge on any atom is 0.262 e. The zero-order valence-electron chi connectivity index (χ0n) is 18.7. The standard InChI is InChI=1S/C24H25FN2O6S/c1-31-22-12-3-17(15-23(22)32-2)13-14-26-34(29,30)21-10-8-20(9-11-21)33-16-24(28)27-19-6-4-18(25)5-7-19/h3-12,15,26H,13-14,16H2,1-2H3,(H,27,28). The van der Waals surface area contributed by atoms with E-state index in [0.717, 1.165) is 5.56 Å². The van der Waals surface area contributed by atoms with E-state index in [9.17, 15) is 17.6 Å². The third kappa shape index (κ3) is 6.93. The van der Waals surface area contributed by atoms with Crippen LogP contribution in [0.4, 0.5) is 10.1 Å². The lowest BCUT2D eigenvalue weighted by Gasteiger charge is -2.11. The van der Waals surface area contributed by atoms with Crippen LogP contribution in [-0.2, 0) is 21.2 Å². The maximum absolute atomic E-state index is 12.9. The van der Waals surface area contributed by atoms with Crippen molar-refractivity contribution in [1.82, 2.24) is 4.72 Å². The van der Waals surface area contributed by atoms with Gasteiger partial charge in [0.05, 0.1) is 19.1 Å². The minimum absolute atomic E-state index is 0.0722. The molecule has 10 heteroatoms. The number of benzene rings is 3. The van der Waals surface area contributed by atoms with Crippen LogP contribution in [0.25, 0.3) is 0 Å². The third-order valence-electron chi connectivity index (χ3n) is 4.79. The Morgan fingerprint density at radius 2 is 1.59 bits per heavy atom. The fourth-order valence-electron chi connectivity index (χ4n) is 3.04. The average Bonchev–Trinajstić information content (AvgIpc) is 2.84. The molecule has 34 heavy (non-hydrogen) atoms. The number of sulfonamides is 1. The van der Waals surface area contributed by atoms with Gasteiger partial charge < -0.3 is 19.5 Å². The molecule has 0 bridgehead atoms. The first-order valence-corrected chi connectivity index (χ1v) is 11.8. The lowest BCUT2D eigenvalue weighted by molar-refractivity contribution is -0.118. The van der Waals surface area contributed by atoms with Crippen LogP contribution in [0.15, 0.2) is 71.6 Å². The first-order chi connectivity index (χ1) is 16.3. The molecule has 0 unspecified atom stereocenters. The quantitative estimate of drug-likeness (QED) is 0.429. The van der Waals surface area contributed by atoms with Gasteiger partial charge in [-0.05, 0) is 72.6 Å². The zero-order valence-corrected chi connectivity index (χ0v) is 19.5. The van der Waals surface area contributed by atoms with Gasteiger partial charge in [0.2, 0.25) is 10.0 Å². The molecule has 3 rings (SSSR count). The molecule has 0 aromatic heterocycles. The molecule has 1 amide bonds. The monoisotopic (exact) mass is 488 g/mol. The minimum atomic E-state index is -3.72. The van der Waals surface area contributed by atoms with Crippen molar-refractivity contribution in [1.29, 1.82) is 0 Å². The highest BCUT2D eigenvalue weighted by Crippen LogP contribution is 2.27. The molecule has 3 aromatic rings. The van der Waals surface area contributed by atoms with E-state index in [1.807, 2.05) is 6.07 Å². The second kappa shape index (κ2) is 11.5. The second-order valence-electron chi connectivity index (χ2n) is 7.15. The van der Waals surface area contributed by atoms with E-state index in [1.54, 1.807) is 19.2 Å². The summed E-state index contributed by atoms with van der Waals surface area (Å²) in [6.45, 7) is -0.0906. The van der Waals surface area contributed by atoms with E-state index < -0.39 is 21.7 Å². The average molecular weight is 489 g/mol. The Morgan fingerprint density at radius 1 is 0.912 bits per heavy atom. The number of methoxy groups -OCH3 is 2. The molecule has 0 aliphatic rings. The Morgan fingerprint density at radius 3 is 2.24 bits per heavy atom. The number of amides is 1. The van der Waals surface area contributed by atoms with Crippen molar-refractivity contribution in [3.63, 3.8) is 0 Å². The molecule has 0 fully saturated rings. The molecule has 0 saturated heterocycles. The van der Waals surface area contributed by atoms with Gasteiger partial charge in [-0.25, -0.2) is 17.5 Å². The lowest BCUT2D eigenvalue weighted by atomic mass is 10.1. The Bertz CT molecular complexity index is 1220. The molecule has 3 aromatic carbocycles. The summed E-state index contributed by atoms with van der Waals surface area (Å²) < 4.78 is 56.4. The number of ether oxygens (including phenoxy) is 3. The number of rotatable bonds is 11. The van der Waals surface area contributed by atoms with E-state index in [4.69, 9.17) is 14.2 Å². The van der Waals surface area contributed by atoms with Crippen LogP contribution in [0, 0.1) is 5.82 Å². The summed E-state index contributed by atoms with van der Waals surface area (Å²) in [5.41, 5.74) is 1.33. The van der Waals surface area contributed by atoms with E-state index in [0.29, 0.717) is 29.4 Å². The Balaban J connectivity index is 1.50. The molecular formula is C24H25FN2O6S.